The maximum absolute atomic E-state index is 12.7. The number of carbonyl (C=O) groups is 2. The molecule has 132 valence electrons. The van der Waals surface area contributed by atoms with Gasteiger partial charge in [0.05, 0.1) is 19.9 Å². The van der Waals surface area contributed by atoms with Gasteiger partial charge in [-0.25, -0.2) is 0 Å². The molecule has 0 fully saturated rings. The Balaban J connectivity index is 2.03. The predicted molar refractivity (Wildman–Crippen MR) is 99.6 cm³/mol. The minimum atomic E-state index is -1.31. The number of hydrogen-bond donors (Lipinski definition) is 0. The number of aliphatic imine (C=N–C) groups is 1. The van der Waals surface area contributed by atoms with Crippen LogP contribution in [0.5, 0.6) is 5.75 Å². The number of methoxy groups -OCH3 is 2. The Kier molecular flexibility index (Phi) is 4.71. The Morgan fingerprint density at radius 2 is 1.69 bits per heavy atom. The van der Waals surface area contributed by atoms with Crippen molar-refractivity contribution in [2.75, 3.05) is 14.2 Å². The van der Waals surface area contributed by atoms with Gasteiger partial charge in [-0.15, -0.1) is 0 Å². The van der Waals surface area contributed by atoms with Crippen LogP contribution in [0.1, 0.15) is 12.5 Å². The lowest BCUT2D eigenvalue weighted by atomic mass is 9.62. The highest BCUT2D eigenvalue weighted by molar-refractivity contribution is 6.39. The second-order valence-electron chi connectivity index (χ2n) is 6.06. The van der Waals surface area contributed by atoms with E-state index < -0.39 is 11.4 Å². The van der Waals surface area contributed by atoms with Crippen LogP contribution < -0.4 is 4.74 Å². The summed E-state index contributed by atoms with van der Waals surface area (Å²) in [4.78, 5) is 29.4. The Morgan fingerprint density at radius 1 is 1.04 bits per heavy atom. The molecule has 0 radical (unpaired) electrons. The molecule has 5 heteroatoms. The molecule has 1 unspecified atom stereocenters. The van der Waals surface area contributed by atoms with Gasteiger partial charge in [-0.05, 0) is 42.3 Å². The summed E-state index contributed by atoms with van der Waals surface area (Å²) in [6.07, 6.45) is 1.51. The van der Waals surface area contributed by atoms with E-state index in [0.29, 0.717) is 16.8 Å². The highest BCUT2D eigenvalue weighted by atomic mass is 16.5. The van der Waals surface area contributed by atoms with Crippen LogP contribution in [0.4, 0.5) is 5.69 Å². The van der Waals surface area contributed by atoms with Crippen molar-refractivity contribution < 1.29 is 19.1 Å². The molecular formula is C21H19NO4. The minimum absolute atomic E-state index is 0.291. The molecule has 2 aromatic carbocycles. The van der Waals surface area contributed by atoms with Gasteiger partial charge in [0.25, 0.3) is 0 Å². The summed E-state index contributed by atoms with van der Waals surface area (Å²) in [5.74, 6) is -0.130. The lowest BCUT2D eigenvalue weighted by Gasteiger charge is -2.38. The fraction of sp³-hybridized carbons (Fsp3) is 0.190. The van der Waals surface area contributed by atoms with Crippen LogP contribution in [0.3, 0.4) is 0 Å². The second-order valence-corrected chi connectivity index (χ2v) is 6.06. The van der Waals surface area contributed by atoms with E-state index in [9.17, 15) is 9.59 Å². The number of benzene rings is 2. The molecule has 0 saturated heterocycles. The third-order valence-electron chi connectivity index (χ3n) is 4.54. The van der Waals surface area contributed by atoms with E-state index in [2.05, 4.69) is 4.99 Å². The monoisotopic (exact) mass is 349 g/mol. The molecule has 0 heterocycles. The molecule has 0 aliphatic heterocycles. The van der Waals surface area contributed by atoms with Gasteiger partial charge < -0.3 is 9.47 Å². The molecule has 0 aromatic heterocycles. The van der Waals surface area contributed by atoms with Crippen molar-refractivity contribution >= 4 is 29.2 Å². The Bertz CT molecular complexity index is 897. The predicted octanol–water partition coefficient (Wildman–Crippen LogP) is 3.61. The number of carbonyl (C=O) groups excluding carboxylic acids is 2. The quantitative estimate of drug-likeness (QED) is 0.470. The zero-order valence-electron chi connectivity index (χ0n) is 14.9. The van der Waals surface area contributed by atoms with Crippen LogP contribution in [0.2, 0.25) is 0 Å². The van der Waals surface area contributed by atoms with Crippen molar-refractivity contribution in [2.45, 2.75) is 6.92 Å². The van der Waals surface area contributed by atoms with Crippen molar-refractivity contribution in [3.63, 3.8) is 0 Å². The van der Waals surface area contributed by atoms with E-state index in [4.69, 9.17) is 9.47 Å². The van der Waals surface area contributed by atoms with Gasteiger partial charge in [-0.3, -0.25) is 14.6 Å². The van der Waals surface area contributed by atoms with Crippen LogP contribution in [0.25, 0.3) is 5.57 Å². The molecule has 1 aliphatic carbocycles. The Labute approximate surface area is 152 Å². The molecule has 0 N–H and O–H groups in total. The normalized spacial score (nSPS) is 19.4. The molecule has 2 aromatic rings. The average molecular weight is 349 g/mol. The number of hydrogen-bond acceptors (Lipinski definition) is 5. The number of allylic oxidation sites excluding steroid dienone is 1. The topological polar surface area (TPSA) is 65.0 Å². The first-order chi connectivity index (χ1) is 12.5. The van der Waals surface area contributed by atoms with E-state index in [0.717, 1.165) is 11.3 Å². The molecule has 0 amide bonds. The standard InChI is InChI=1S/C21H19NO4/c1-21(20(24)26-3)18(14-7-5-4-6-8-14)17(19(21)23)13-22-15-9-11-16(25-2)12-10-15/h4-13H,1-3H3. The van der Waals surface area contributed by atoms with E-state index >= 15 is 0 Å². The van der Waals surface area contributed by atoms with Crippen LogP contribution in [-0.2, 0) is 14.3 Å². The minimum Gasteiger partial charge on any atom is -0.497 e. The molecule has 3 rings (SSSR count). The van der Waals surface area contributed by atoms with Crippen molar-refractivity contribution in [2.24, 2.45) is 10.4 Å². The van der Waals surface area contributed by atoms with Crippen LogP contribution >= 0.6 is 0 Å². The lowest BCUT2D eigenvalue weighted by Crippen LogP contribution is -2.48. The number of esters is 1. The third-order valence-corrected chi connectivity index (χ3v) is 4.54. The summed E-state index contributed by atoms with van der Waals surface area (Å²) >= 11 is 0. The van der Waals surface area contributed by atoms with Gasteiger partial charge in [-0.1, -0.05) is 30.3 Å². The van der Waals surface area contributed by atoms with Crippen molar-refractivity contribution in [3.8, 4) is 5.75 Å². The number of rotatable bonds is 5. The fourth-order valence-corrected chi connectivity index (χ4v) is 3.08. The summed E-state index contributed by atoms with van der Waals surface area (Å²) in [6, 6.07) is 16.5. The molecule has 0 saturated carbocycles. The number of ether oxygens (including phenoxy) is 2. The molecule has 0 spiro atoms. The van der Waals surface area contributed by atoms with Crippen molar-refractivity contribution in [1.29, 1.82) is 0 Å². The van der Waals surface area contributed by atoms with Crippen molar-refractivity contribution in [1.82, 2.24) is 0 Å². The highest BCUT2D eigenvalue weighted by Gasteiger charge is 2.56. The lowest BCUT2D eigenvalue weighted by molar-refractivity contribution is -0.152. The maximum Gasteiger partial charge on any atom is 0.324 e. The first kappa shape index (κ1) is 17.6. The van der Waals surface area contributed by atoms with Gasteiger partial charge in [-0.2, -0.15) is 0 Å². The largest absolute Gasteiger partial charge is 0.497 e. The van der Waals surface area contributed by atoms with Crippen LogP contribution in [0.15, 0.2) is 65.2 Å². The first-order valence-electron chi connectivity index (χ1n) is 8.14. The molecule has 5 nitrogen and oxygen atoms in total. The maximum atomic E-state index is 12.7. The Hall–Kier alpha value is -3.21. The zero-order valence-corrected chi connectivity index (χ0v) is 14.9. The Morgan fingerprint density at radius 3 is 2.27 bits per heavy atom. The average Bonchev–Trinajstić information content (AvgIpc) is 2.70. The number of nitrogens with zero attached hydrogens (tertiary/aromatic N) is 1. The summed E-state index contributed by atoms with van der Waals surface area (Å²) < 4.78 is 9.98. The van der Waals surface area contributed by atoms with E-state index in [1.54, 1.807) is 38.3 Å². The molecule has 1 atom stereocenters. The van der Waals surface area contributed by atoms with Gasteiger partial charge in [0, 0.05) is 11.8 Å². The molecular weight excluding hydrogens is 330 g/mol. The highest BCUT2D eigenvalue weighted by Crippen LogP contribution is 2.49. The van der Waals surface area contributed by atoms with Gasteiger partial charge in [0.15, 0.2) is 11.2 Å². The third kappa shape index (κ3) is 2.81. The van der Waals surface area contributed by atoms with Gasteiger partial charge in [0.2, 0.25) is 0 Å². The summed E-state index contributed by atoms with van der Waals surface area (Å²) in [6.45, 7) is 1.59. The van der Waals surface area contributed by atoms with E-state index in [-0.39, 0.29) is 5.78 Å². The van der Waals surface area contributed by atoms with E-state index in [1.807, 2.05) is 30.3 Å². The second kappa shape index (κ2) is 6.96. The van der Waals surface area contributed by atoms with Crippen LogP contribution in [-0.4, -0.2) is 32.2 Å². The van der Waals surface area contributed by atoms with Gasteiger partial charge in [0.1, 0.15) is 5.75 Å². The smallest absolute Gasteiger partial charge is 0.324 e. The SMILES string of the molecule is COC(=O)C1(C)C(=O)C(C=Nc2ccc(OC)cc2)=C1c1ccccc1. The molecule has 1 aliphatic rings. The number of ketones is 1. The van der Waals surface area contributed by atoms with E-state index in [1.165, 1.54) is 13.3 Å². The van der Waals surface area contributed by atoms with Crippen LogP contribution in [0, 0.1) is 5.41 Å². The number of Topliss-reactive ketones (excluding diaryl/α,β-unsaturated/α-hetero) is 1. The van der Waals surface area contributed by atoms with Crippen molar-refractivity contribution in [3.05, 3.63) is 65.7 Å². The summed E-state index contributed by atoms with van der Waals surface area (Å²) in [5, 5.41) is 0. The zero-order chi connectivity index (χ0) is 18.7. The fourth-order valence-electron chi connectivity index (χ4n) is 3.08. The molecule has 0 bridgehead atoms. The summed E-state index contributed by atoms with van der Waals surface area (Å²) in [7, 11) is 2.88. The molecule has 26 heavy (non-hydrogen) atoms. The summed E-state index contributed by atoms with van der Waals surface area (Å²) in [5.41, 5.74) is 1.23. The first-order valence-corrected chi connectivity index (χ1v) is 8.14. The van der Waals surface area contributed by atoms with Gasteiger partial charge >= 0.3 is 5.97 Å².